The Hall–Kier alpha value is -2.39. The Morgan fingerprint density at radius 1 is 1.23 bits per heavy atom. The lowest BCUT2D eigenvalue weighted by atomic mass is 10.2. The van der Waals surface area contributed by atoms with Crippen molar-refractivity contribution < 1.29 is 43.9 Å². The first kappa shape index (κ1) is 24.9. The van der Waals surface area contributed by atoms with Crippen LogP contribution in [0.3, 0.4) is 0 Å². The molecule has 0 spiro atoms. The zero-order chi connectivity index (χ0) is 23.9. The van der Waals surface area contributed by atoms with Gasteiger partial charge in [-0.05, 0) is 13.0 Å². The lowest BCUT2D eigenvalue weighted by molar-refractivity contribution is -0.147. The van der Waals surface area contributed by atoms with Crippen LogP contribution in [0.2, 0.25) is 5.02 Å². The average Bonchev–Trinajstić information content (AvgIpc) is 2.89. The summed E-state index contributed by atoms with van der Waals surface area (Å²) in [7, 11) is -3.76. The Balaban J connectivity index is 2.40. The number of sulfonamides is 1. The summed E-state index contributed by atoms with van der Waals surface area (Å²) >= 11 is 5.85. The van der Waals surface area contributed by atoms with Gasteiger partial charge in [-0.2, -0.15) is 31.1 Å². The summed E-state index contributed by atoms with van der Waals surface area (Å²) in [5, 5.41) is 0.970. The highest BCUT2D eigenvalue weighted by Crippen LogP contribution is 2.33. The standard InChI is InChI=1S/C15H12ClF7N4O3S/c1-6(14(18,19)20)26-31(29,30)8-5-27(2)11(9(8)16)13(28)25-7-3-4-24-12(10(7)17)15(21,22)23/h3-6,26H,1-2H3,(H,24,25,28)/t6-/m1/s1. The molecule has 0 aromatic carbocycles. The van der Waals surface area contributed by atoms with Gasteiger partial charge in [-0.3, -0.25) is 4.79 Å². The maximum atomic E-state index is 14.0. The maximum Gasteiger partial charge on any atom is 0.436 e. The summed E-state index contributed by atoms with van der Waals surface area (Å²) < 4.78 is 117. The summed E-state index contributed by atoms with van der Waals surface area (Å²) in [6.07, 6.45) is -8.78. The molecule has 2 heterocycles. The number of rotatable bonds is 5. The van der Waals surface area contributed by atoms with Crippen LogP contribution in [-0.2, 0) is 23.2 Å². The van der Waals surface area contributed by atoms with Gasteiger partial charge in [0.05, 0.1) is 10.7 Å². The van der Waals surface area contributed by atoms with Crippen molar-refractivity contribution in [2.45, 2.75) is 30.2 Å². The number of carbonyl (C=O) groups excluding carboxylic acids is 1. The Bertz CT molecular complexity index is 1110. The third-order valence-corrected chi connectivity index (χ3v) is 5.87. The molecule has 0 aliphatic heterocycles. The molecule has 2 rings (SSSR count). The quantitative estimate of drug-likeness (QED) is 0.617. The first-order valence-corrected chi connectivity index (χ1v) is 9.79. The third kappa shape index (κ3) is 5.27. The molecule has 1 atom stereocenters. The van der Waals surface area contributed by atoms with Crippen LogP contribution < -0.4 is 10.0 Å². The molecule has 2 aromatic heterocycles. The summed E-state index contributed by atoms with van der Waals surface area (Å²) in [6, 6.07) is -1.78. The molecular formula is C15H12ClF7N4O3S. The van der Waals surface area contributed by atoms with Gasteiger partial charge < -0.3 is 9.88 Å². The predicted octanol–water partition coefficient (Wildman–Crippen LogP) is 3.71. The van der Waals surface area contributed by atoms with Crippen molar-refractivity contribution in [3.63, 3.8) is 0 Å². The number of aromatic nitrogens is 2. The van der Waals surface area contributed by atoms with Crippen LogP contribution in [0.5, 0.6) is 0 Å². The van der Waals surface area contributed by atoms with Crippen LogP contribution in [0.25, 0.3) is 0 Å². The van der Waals surface area contributed by atoms with E-state index in [1.54, 1.807) is 5.32 Å². The maximum absolute atomic E-state index is 14.0. The van der Waals surface area contributed by atoms with Gasteiger partial charge in [0.2, 0.25) is 10.0 Å². The first-order chi connectivity index (χ1) is 14.0. The minimum atomic E-state index is -5.16. The normalized spacial score (nSPS) is 13.9. The fraction of sp³-hybridized carbons (Fsp3) is 0.333. The van der Waals surface area contributed by atoms with E-state index in [0.29, 0.717) is 25.4 Å². The van der Waals surface area contributed by atoms with Gasteiger partial charge in [0.1, 0.15) is 16.6 Å². The van der Waals surface area contributed by atoms with E-state index in [1.807, 2.05) is 0 Å². The van der Waals surface area contributed by atoms with Crippen molar-refractivity contribution in [2.24, 2.45) is 7.05 Å². The van der Waals surface area contributed by atoms with Crippen LogP contribution in [0.1, 0.15) is 23.1 Å². The number of halogens is 8. The second-order valence-electron chi connectivity index (χ2n) is 6.12. The van der Waals surface area contributed by atoms with Crippen molar-refractivity contribution in [1.82, 2.24) is 14.3 Å². The number of hydrogen-bond donors (Lipinski definition) is 2. The van der Waals surface area contributed by atoms with Crippen molar-refractivity contribution in [3.05, 3.63) is 40.7 Å². The molecule has 0 aliphatic rings. The lowest BCUT2D eigenvalue weighted by Gasteiger charge is -2.16. The molecule has 0 aliphatic carbocycles. The smallest absolute Gasteiger partial charge is 0.344 e. The van der Waals surface area contributed by atoms with E-state index in [2.05, 4.69) is 4.98 Å². The molecule has 16 heteroatoms. The van der Waals surface area contributed by atoms with Crippen molar-refractivity contribution in [1.29, 1.82) is 0 Å². The summed E-state index contributed by atoms with van der Waals surface area (Å²) in [5.74, 6) is -3.22. The SMILES string of the molecule is C[C@@H](NS(=O)(=O)c1cn(C)c(C(=O)Nc2ccnc(C(F)(F)F)c2F)c1Cl)C(F)(F)F. The molecule has 0 saturated carbocycles. The average molecular weight is 497 g/mol. The van der Waals surface area contributed by atoms with Crippen LogP contribution in [0, 0.1) is 5.82 Å². The Labute approximate surface area is 175 Å². The minimum Gasteiger partial charge on any atom is -0.344 e. The highest BCUT2D eigenvalue weighted by Gasteiger charge is 2.40. The summed E-state index contributed by atoms with van der Waals surface area (Å²) in [5.41, 5.74) is -3.50. The monoisotopic (exact) mass is 496 g/mol. The van der Waals surface area contributed by atoms with Gasteiger partial charge in [-0.1, -0.05) is 11.6 Å². The van der Waals surface area contributed by atoms with E-state index in [4.69, 9.17) is 11.6 Å². The lowest BCUT2D eigenvalue weighted by Crippen LogP contribution is -2.42. The van der Waals surface area contributed by atoms with Crippen LogP contribution in [0.15, 0.2) is 23.4 Å². The number of aryl methyl sites for hydroxylation is 1. The van der Waals surface area contributed by atoms with Crippen LogP contribution >= 0.6 is 11.6 Å². The number of pyridine rings is 1. The number of nitrogens with zero attached hydrogens (tertiary/aromatic N) is 2. The molecular weight excluding hydrogens is 485 g/mol. The molecule has 0 saturated heterocycles. The fourth-order valence-corrected chi connectivity index (χ4v) is 4.23. The number of amides is 1. The predicted molar refractivity (Wildman–Crippen MR) is 93.4 cm³/mol. The molecule has 7 nitrogen and oxygen atoms in total. The second-order valence-corrected chi connectivity index (χ2v) is 8.18. The molecule has 172 valence electrons. The summed E-state index contributed by atoms with van der Waals surface area (Å²) in [4.78, 5) is 14.4. The van der Waals surface area contributed by atoms with E-state index in [9.17, 15) is 43.9 Å². The fourth-order valence-electron chi connectivity index (χ4n) is 2.30. The highest BCUT2D eigenvalue weighted by atomic mass is 35.5. The Morgan fingerprint density at radius 2 is 1.81 bits per heavy atom. The number of carbonyl (C=O) groups is 1. The van der Waals surface area contributed by atoms with Crippen molar-refractivity contribution >= 4 is 33.2 Å². The summed E-state index contributed by atoms with van der Waals surface area (Å²) in [6.45, 7) is 0.534. The molecule has 1 amide bonds. The molecule has 0 fully saturated rings. The van der Waals surface area contributed by atoms with Gasteiger partial charge >= 0.3 is 12.4 Å². The first-order valence-electron chi connectivity index (χ1n) is 7.93. The zero-order valence-corrected chi connectivity index (χ0v) is 16.9. The van der Waals surface area contributed by atoms with Gasteiger partial charge in [0.15, 0.2) is 11.5 Å². The van der Waals surface area contributed by atoms with Crippen molar-refractivity contribution in [3.8, 4) is 0 Å². The van der Waals surface area contributed by atoms with Crippen molar-refractivity contribution in [2.75, 3.05) is 5.32 Å². The van der Waals surface area contributed by atoms with Gasteiger partial charge in [0.25, 0.3) is 5.91 Å². The number of anilines is 1. The van der Waals surface area contributed by atoms with Gasteiger partial charge in [0, 0.05) is 19.4 Å². The molecule has 0 bridgehead atoms. The minimum absolute atomic E-state index is 0.534. The van der Waals surface area contributed by atoms with E-state index in [0.717, 1.165) is 11.6 Å². The largest absolute Gasteiger partial charge is 0.436 e. The highest BCUT2D eigenvalue weighted by molar-refractivity contribution is 7.89. The molecule has 2 N–H and O–H groups in total. The Morgan fingerprint density at radius 3 is 2.32 bits per heavy atom. The van der Waals surface area contributed by atoms with E-state index in [1.165, 1.54) is 4.72 Å². The zero-order valence-electron chi connectivity index (χ0n) is 15.4. The van der Waals surface area contributed by atoms with Gasteiger partial charge in [-0.25, -0.2) is 17.8 Å². The third-order valence-electron chi connectivity index (χ3n) is 3.82. The number of alkyl halides is 6. The number of hydrogen-bond acceptors (Lipinski definition) is 4. The molecule has 0 radical (unpaired) electrons. The number of nitrogens with one attached hydrogen (secondary N) is 2. The molecule has 0 unspecified atom stereocenters. The molecule has 2 aromatic rings. The van der Waals surface area contributed by atoms with Crippen LogP contribution in [0.4, 0.5) is 36.4 Å². The topological polar surface area (TPSA) is 93.1 Å². The van der Waals surface area contributed by atoms with E-state index < -0.39 is 67.1 Å². The van der Waals surface area contributed by atoms with Crippen LogP contribution in [-0.4, -0.2) is 36.1 Å². The molecule has 31 heavy (non-hydrogen) atoms. The Kier molecular flexibility index (Phi) is 6.64. The van der Waals surface area contributed by atoms with E-state index in [-0.39, 0.29) is 0 Å². The second kappa shape index (κ2) is 8.27. The van der Waals surface area contributed by atoms with Gasteiger partial charge in [-0.15, -0.1) is 0 Å². The van der Waals surface area contributed by atoms with E-state index >= 15 is 0 Å².